The Hall–Kier alpha value is -2.63. The number of aryl methyl sites for hydroxylation is 1. The van der Waals surface area contributed by atoms with Crippen molar-refractivity contribution in [2.45, 2.75) is 44.8 Å². The molecule has 3 rings (SSSR count). The van der Waals surface area contributed by atoms with Crippen LogP contribution >= 0.6 is 0 Å². The van der Waals surface area contributed by atoms with Crippen molar-refractivity contribution in [1.82, 2.24) is 9.13 Å². The largest absolute Gasteiger partial charge is 0.460 e. The zero-order chi connectivity index (χ0) is 18.0. The van der Waals surface area contributed by atoms with Crippen LogP contribution in [0.5, 0.6) is 0 Å². The molecule has 0 spiro atoms. The molecule has 0 amide bonds. The van der Waals surface area contributed by atoms with Gasteiger partial charge in [-0.3, -0.25) is 18.7 Å². The quantitative estimate of drug-likeness (QED) is 0.794. The molecule has 1 aromatic carbocycles. The molecule has 0 bridgehead atoms. The first-order chi connectivity index (χ1) is 12.0. The van der Waals surface area contributed by atoms with E-state index in [2.05, 4.69) is 24.3 Å². The minimum absolute atomic E-state index is 0.168. The van der Waals surface area contributed by atoms with Crippen LogP contribution in [0.3, 0.4) is 0 Å². The van der Waals surface area contributed by atoms with Gasteiger partial charge in [-0.25, -0.2) is 4.79 Å². The van der Waals surface area contributed by atoms with Gasteiger partial charge in [0.2, 0.25) is 0 Å². The molecule has 1 saturated carbocycles. The van der Waals surface area contributed by atoms with Gasteiger partial charge in [-0.1, -0.05) is 29.8 Å². The van der Waals surface area contributed by atoms with E-state index in [9.17, 15) is 14.4 Å². The molecule has 132 valence electrons. The lowest BCUT2D eigenvalue weighted by Crippen LogP contribution is -2.38. The third-order valence-corrected chi connectivity index (χ3v) is 4.80. The molecule has 2 aromatic rings. The number of aromatic nitrogens is 2. The molecule has 0 radical (unpaired) electrons. The maximum Gasteiger partial charge on any atom is 0.331 e. The predicted molar refractivity (Wildman–Crippen MR) is 93.6 cm³/mol. The van der Waals surface area contributed by atoms with E-state index in [4.69, 9.17) is 4.74 Å². The molecule has 6 heteroatoms. The second-order valence-electron chi connectivity index (χ2n) is 6.60. The third kappa shape index (κ3) is 3.73. The smallest absolute Gasteiger partial charge is 0.331 e. The lowest BCUT2D eigenvalue weighted by Gasteiger charge is -2.21. The number of hydrogen-bond acceptors (Lipinski definition) is 4. The second-order valence-corrected chi connectivity index (χ2v) is 6.60. The Morgan fingerprint density at radius 1 is 1.16 bits per heavy atom. The Morgan fingerprint density at radius 3 is 2.60 bits per heavy atom. The molecule has 1 aromatic heterocycles. The second kappa shape index (κ2) is 7.09. The van der Waals surface area contributed by atoms with Crippen molar-refractivity contribution >= 4 is 5.97 Å². The molecule has 0 unspecified atom stereocenters. The molecule has 6 nitrogen and oxygen atoms in total. The Morgan fingerprint density at radius 2 is 1.88 bits per heavy atom. The van der Waals surface area contributed by atoms with E-state index in [1.54, 1.807) is 0 Å². The molecule has 0 saturated heterocycles. The molecule has 25 heavy (non-hydrogen) atoms. The van der Waals surface area contributed by atoms with Crippen molar-refractivity contribution < 1.29 is 9.53 Å². The summed E-state index contributed by atoms with van der Waals surface area (Å²) >= 11 is 0. The van der Waals surface area contributed by atoms with Crippen molar-refractivity contribution in [2.75, 3.05) is 0 Å². The highest BCUT2D eigenvalue weighted by Crippen LogP contribution is 2.36. The maximum absolute atomic E-state index is 12.3. The first-order valence-corrected chi connectivity index (χ1v) is 8.48. The van der Waals surface area contributed by atoms with Crippen LogP contribution in [0, 0.1) is 6.92 Å². The van der Waals surface area contributed by atoms with Gasteiger partial charge in [0.15, 0.2) is 0 Å². The minimum atomic E-state index is -0.522. The summed E-state index contributed by atoms with van der Waals surface area (Å²) in [6.07, 6.45) is 3.99. The van der Waals surface area contributed by atoms with Crippen LogP contribution in [0.15, 0.2) is 46.1 Å². The molecule has 1 heterocycles. The number of hydrogen-bond donors (Lipinski definition) is 0. The van der Waals surface area contributed by atoms with Crippen molar-refractivity contribution in [1.29, 1.82) is 0 Å². The Labute approximate surface area is 145 Å². The molecule has 1 fully saturated rings. The van der Waals surface area contributed by atoms with Gasteiger partial charge in [0.05, 0.1) is 0 Å². The fourth-order valence-electron chi connectivity index (χ4n) is 3.34. The van der Waals surface area contributed by atoms with E-state index >= 15 is 0 Å². The van der Waals surface area contributed by atoms with Gasteiger partial charge in [-0.2, -0.15) is 0 Å². The van der Waals surface area contributed by atoms with Crippen LogP contribution in [0.2, 0.25) is 0 Å². The van der Waals surface area contributed by atoms with E-state index in [1.165, 1.54) is 35.0 Å². The van der Waals surface area contributed by atoms with Crippen LogP contribution in [-0.2, 0) is 23.1 Å². The van der Waals surface area contributed by atoms with Crippen molar-refractivity contribution in [2.24, 2.45) is 7.05 Å². The lowest BCUT2D eigenvalue weighted by atomic mass is 9.95. The van der Waals surface area contributed by atoms with Gasteiger partial charge >= 0.3 is 11.7 Å². The molecule has 0 aliphatic heterocycles. The molecule has 1 aliphatic carbocycles. The first kappa shape index (κ1) is 17.2. The molecule has 2 atom stereocenters. The standard InChI is InChI=1S/C19H22N2O4/c1-13-6-8-14(9-7-13)15-4-3-5-16(15)25-18(23)12-21-11-10-17(22)20(2)19(21)24/h6-11,15-16H,3-5,12H2,1-2H3/t15-,16-/m1/s1. The van der Waals surface area contributed by atoms with Crippen LogP contribution in [0.25, 0.3) is 0 Å². The van der Waals surface area contributed by atoms with Gasteiger partial charge in [0.1, 0.15) is 12.6 Å². The van der Waals surface area contributed by atoms with Crippen molar-refractivity contribution in [3.05, 3.63) is 68.5 Å². The van der Waals surface area contributed by atoms with E-state index in [0.29, 0.717) is 0 Å². The normalized spacial score (nSPS) is 19.8. The molecule has 0 N–H and O–H groups in total. The fourth-order valence-corrected chi connectivity index (χ4v) is 3.34. The maximum atomic E-state index is 12.3. The van der Waals surface area contributed by atoms with Gasteiger partial charge in [0.25, 0.3) is 5.56 Å². The zero-order valence-corrected chi connectivity index (χ0v) is 14.5. The van der Waals surface area contributed by atoms with Crippen LogP contribution in [0.4, 0.5) is 0 Å². The Bertz CT molecular complexity index is 880. The summed E-state index contributed by atoms with van der Waals surface area (Å²) in [5.74, 6) is -0.258. The highest BCUT2D eigenvalue weighted by molar-refractivity contribution is 5.69. The van der Waals surface area contributed by atoms with Gasteiger partial charge in [-0.05, 0) is 31.7 Å². The summed E-state index contributed by atoms with van der Waals surface area (Å²) in [6.45, 7) is 1.85. The molecule has 1 aliphatic rings. The number of ether oxygens (including phenoxy) is 1. The summed E-state index contributed by atoms with van der Waals surface area (Å²) in [6, 6.07) is 9.57. The minimum Gasteiger partial charge on any atom is -0.460 e. The first-order valence-electron chi connectivity index (χ1n) is 8.48. The topological polar surface area (TPSA) is 70.3 Å². The molecular weight excluding hydrogens is 320 g/mol. The van der Waals surface area contributed by atoms with Crippen LogP contribution in [0.1, 0.15) is 36.3 Å². The fraction of sp³-hybridized carbons (Fsp3) is 0.421. The van der Waals surface area contributed by atoms with E-state index in [-0.39, 0.29) is 18.6 Å². The average Bonchev–Trinajstić information content (AvgIpc) is 3.04. The van der Waals surface area contributed by atoms with Crippen LogP contribution in [-0.4, -0.2) is 21.2 Å². The van der Waals surface area contributed by atoms with E-state index < -0.39 is 17.2 Å². The van der Waals surface area contributed by atoms with Gasteiger partial charge in [-0.15, -0.1) is 0 Å². The van der Waals surface area contributed by atoms with Crippen LogP contribution < -0.4 is 11.2 Å². The number of esters is 1. The Balaban J connectivity index is 1.70. The number of carbonyl (C=O) groups is 1. The summed E-state index contributed by atoms with van der Waals surface area (Å²) in [5.41, 5.74) is 1.46. The van der Waals surface area contributed by atoms with Gasteiger partial charge in [0, 0.05) is 25.2 Å². The summed E-state index contributed by atoms with van der Waals surface area (Å²) < 4.78 is 7.82. The van der Waals surface area contributed by atoms with Crippen molar-refractivity contribution in [3.63, 3.8) is 0 Å². The van der Waals surface area contributed by atoms with Crippen molar-refractivity contribution in [3.8, 4) is 0 Å². The summed E-state index contributed by atoms with van der Waals surface area (Å²) in [4.78, 5) is 35.7. The monoisotopic (exact) mass is 342 g/mol. The highest BCUT2D eigenvalue weighted by Gasteiger charge is 2.31. The van der Waals surface area contributed by atoms with E-state index in [1.807, 2.05) is 6.92 Å². The zero-order valence-electron chi connectivity index (χ0n) is 14.5. The number of benzene rings is 1. The SMILES string of the molecule is Cc1ccc([C@H]2CCC[C@H]2OC(=O)Cn2ccc(=O)n(C)c2=O)cc1. The lowest BCUT2D eigenvalue weighted by molar-refractivity contribution is -0.150. The van der Waals surface area contributed by atoms with Gasteiger partial charge < -0.3 is 4.74 Å². The predicted octanol–water partition coefficient (Wildman–Crippen LogP) is 1.73. The highest BCUT2D eigenvalue weighted by atomic mass is 16.5. The molecular formula is C19H22N2O4. The number of nitrogens with zero attached hydrogens (tertiary/aromatic N) is 2. The van der Waals surface area contributed by atoms with E-state index in [0.717, 1.165) is 23.8 Å². The number of rotatable bonds is 4. The Kier molecular flexibility index (Phi) is 4.88. The summed E-state index contributed by atoms with van der Waals surface area (Å²) in [5, 5.41) is 0. The average molecular weight is 342 g/mol. The summed E-state index contributed by atoms with van der Waals surface area (Å²) in [7, 11) is 1.39. The third-order valence-electron chi connectivity index (χ3n) is 4.80. The number of carbonyl (C=O) groups excluding carboxylic acids is 1.